The lowest BCUT2D eigenvalue weighted by Gasteiger charge is -2.18. The van der Waals surface area contributed by atoms with Crippen LogP contribution in [0.1, 0.15) is 50.1 Å². The van der Waals surface area contributed by atoms with Gasteiger partial charge in [0.15, 0.2) is 11.5 Å². The number of nitrogens with one attached hydrogen (secondary N) is 3. The van der Waals surface area contributed by atoms with E-state index in [0.717, 1.165) is 34.6 Å². The maximum absolute atomic E-state index is 13.6. The van der Waals surface area contributed by atoms with E-state index in [-0.39, 0.29) is 17.4 Å². The molecule has 1 atom stereocenters. The molecule has 0 aliphatic heterocycles. The molecule has 3 amide bonds. The van der Waals surface area contributed by atoms with E-state index in [1.165, 1.54) is 44.4 Å². The van der Waals surface area contributed by atoms with Crippen LogP contribution in [0.4, 0.5) is 10.7 Å². The normalized spacial score (nSPS) is 13.9. The van der Waals surface area contributed by atoms with Gasteiger partial charge in [-0.1, -0.05) is 37.3 Å². The topological polar surface area (TPSA) is 132 Å². The third kappa shape index (κ3) is 8.89. The summed E-state index contributed by atoms with van der Waals surface area (Å²) >= 11 is 2.73. The van der Waals surface area contributed by atoms with Crippen LogP contribution in [0.25, 0.3) is 6.08 Å². The molecule has 1 aliphatic carbocycles. The number of rotatable bonds is 12. The van der Waals surface area contributed by atoms with Crippen molar-refractivity contribution in [2.75, 3.05) is 37.7 Å². The van der Waals surface area contributed by atoms with Gasteiger partial charge in [0.1, 0.15) is 10.7 Å². The third-order valence-corrected chi connectivity index (χ3v) is 10.0. The Labute approximate surface area is 293 Å². The van der Waals surface area contributed by atoms with Crippen molar-refractivity contribution in [3.63, 3.8) is 0 Å². The number of hydrogen-bond donors (Lipinski definition) is 3. The van der Waals surface area contributed by atoms with Crippen molar-refractivity contribution in [3.8, 4) is 11.5 Å². The van der Waals surface area contributed by atoms with Crippen LogP contribution in [0.2, 0.25) is 0 Å². The molecule has 1 heterocycles. The van der Waals surface area contributed by atoms with Crippen molar-refractivity contribution in [3.05, 3.63) is 106 Å². The molecule has 254 valence electrons. The van der Waals surface area contributed by atoms with Crippen LogP contribution in [-0.2, 0) is 27.2 Å². The number of esters is 1. The summed E-state index contributed by atoms with van der Waals surface area (Å²) in [5.41, 5.74) is 2.89. The number of fused-ring (bicyclic) bond motifs is 1. The van der Waals surface area contributed by atoms with Crippen LogP contribution >= 0.6 is 23.1 Å². The van der Waals surface area contributed by atoms with Crippen molar-refractivity contribution < 1.29 is 33.4 Å². The second kappa shape index (κ2) is 16.4. The van der Waals surface area contributed by atoms with E-state index < -0.39 is 17.8 Å². The number of ether oxygens (including phenoxy) is 3. The quantitative estimate of drug-likeness (QED) is 0.0835. The first-order valence-corrected chi connectivity index (χ1v) is 17.4. The Hall–Kier alpha value is -5.07. The fourth-order valence-corrected chi connectivity index (χ4v) is 7.55. The molecule has 1 aliphatic rings. The van der Waals surface area contributed by atoms with Crippen molar-refractivity contribution in [2.24, 2.45) is 5.92 Å². The molecule has 5 rings (SSSR count). The predicted molar refractivity (Wildman–Crippen MR) is 193 cm³/mol. The molecule has 4 aromatic rings. The Morgan fingerprint density at radius 3 is 2.43 bits per heavy atom. The van der Waals surface area contributed by atoms with Crippen molar-refractivity contribution in [1.29, 1.82) is 0 Å². The molecular weight excluding hydrogens is 663 g/mol. The van der Waals surface area contributed by atoms with Crippen LogP contribution in [0.15, 0.2) is 83.4 Å². The lowest BCUT2D eigenvalue weighted by molar-refractivity contribution is -0.114. The molecule has 3 aromatic carbocycles. The molecule has 0 bridgehead atoms. The minimum absolute atomic E-state index is 0.00737. The maximum atomic E-state index is 13.6. The van der Waals surface area contributed by atoms with Gasteiger partial charge in [-0.15, -0.1) is 23.1 Å². The van der Waals surface area contributed by atoms with E-state index in [4.69, 9.17) is 14.2 Å². The molecule has 10 nitrogen and oxygen atoms in total. The molecule has 0 saturated carbocycles. The van der Waals surface area contributed by atoms with Crippen molar-refractivity contribution in [1.82, 2.24) is 5.32 Å². The zero-order valence-electron chi connectivity index (χ0n) is 27.6. The first-order chi connectivity index (χ1) is 23.7. The van der Waals surface area contributed by atoms with Gasteiger partial charge in [-0.05, 0) is 84.8 Å². The monoisotopic (exact) mass is 699 g/mol. The molecule has 0 radical (unpaired) electrons. The minimum atomic E-state index is -0.551. The van der Waals surface area contributed by atoms with Crippen LogP contribution in [-0.4, -0.2) is 50.8 Å². The number of thiophene rings is 1. The summed E-state index contributed by atoms with van der Waals surface area (Å²) in [5.74, 6) is -0.128. The van der Waals surface area contributed by atoms with Crippen molar-refractivity contribution >= 4 is 63.6 Å². The molecule has 12 heteroatoms. The van der Waals surface area contributed by atoms with Gasteiger partial charge in [-0.3, -0.25) is 14.4 Å². The molecule has 1 unspecified atom stereocenters. The lowest BCUT2D eigenvalue weighted by atomic mass is 9.88. The van der Waals surface area contributed by atoms with Gasteiger partial charge in [-0.25, -0.2) is 4.79 Å². The smallest absolute Gasteiger partial charge is 0.341 e. The molecule has 3 N–H and O–H groups in total. The summed E-state index contributed by atoms with van der Waals surface area (Å²) in [6.07, 6.45) is 4.18. The summed E-state index contributed by atoms with van der Waals surface area (Å²) < 4.78 is 15.8. The van der Waals surface area contributed by atoms with E-state index in [0.29, 0.717) is 44.8 Å². The number of carbonyl (C=O) groups excluding carboxylic acids is 4. The highest BCUT2D eigenvalue weighted by molar-refractivity contribution is 8.00. The number of methoxy groups -OCH3 is 3. The number of anilines is 2. The summed E-state index contributed by atoms with van der Waals surface area (Å²) in [6, 6.07) is 20.8. The summed E-state index contributed by atoms with van der Waals surface area (Å²) in [4.78, 5) is 54.2. The molecule has 0 fully saturated rings. The Bertz CT molecular complexity index is 1890. The minimum Gasteiger partial charge on any atom is -0.493 e. The average Bonchev–Trinajstić information content (AvgIpc) is 3.46. The highest BCUT2D eigenvalue weighted by atomic mass is 32.2. The van der Waals surface area contributed by atoms with Crippen LogP contribution in [0.5, 0.6) is 11.5 Å². The zero-order valence-corrected chi connectivity index (χ0v) is 29.2. The molecule has 0 saturated heterocycles. The first kappa shape index (κ1) is 35.2. The Balaban J connectivity index is 1.29. The van der Waals surface area contributed by atoms with E-state index in [1.807, 2.05) is 6.07 Å². The van der Waals surface area contributed by atoms with Crippen molar-refractivity contribution in [2.45, 2.75) is 31.1 Å². The van der Waals surface area contributed by atoms with Gasteiger partial charge in [0.25, 0.3) is 11.8 Å². The number of thioether (sulfide) groups is 1. The fourth-order valence-electron chi connectivity index (χ4n) is 5.38. The molecular formula is C37H37N3O7S2. The largest absolute Gasteiger partial charge is 0.493 e. The summed E-state index contributed by atoms with van der Waals surface area (Å²) in [6.45, 7) is 2.18. The van der Waals surface area contributed by atoms with E-state index >= 15 is 0 Å². The Kier molecular flexibility index (Phi) is 11.8. The summed E-state index contributed by atoms with van der Waals surface area (Å²) in [5, 5.41) is 9.03. The number of benzene rings is 3. The maximum Gasteiger partial charge on any atom is 0.341 e. The number of hydrogen-bond acceptors (Lipinski definition) is 9. The number of carbonyl (C=O) groups is 4. The Morgan fingerprint density at radius 1 is 0.918 bits per heavy atom. The summed E-state index contributed by atoms with van der Waals surface area (Å²) in [7, 11) is 4.39. The highest BCUT2D eigenvalue weighted by Crippen LogP contribution is 2.40. The Morgan fingerprint density at radius 2 is 1.69 bits per heavy atom. The van der Waals surface area contributed by atoms with Gasteiger partial charge in [0.2, 0.25) is 5.91 Å². The van der Waals surface area contributed by atoms with Gasteiger partial charge < -0.3 is 30.2 Å². The number of amides is 3. The average molecular weight is 700 g/mol. The standard InChI is InChI=1S/C37H37N3O7S2/c1-22-13-15-27-31(17-22)49-36(33(27)37(44)47-4)40-32(41)21-48-26-12-8-11-25(20-26)38-35(43)28(39-34(42)24-9-6-5-7-10-24)18-23-14-16-29(45-2)30(19-23)46-3/h5-12,14,16,18-20,22H,13,15,17,21H2,1-4H3,(H,38,43)(H,39,42)(H,40,41)/b28-18+. The van der Waals surface area contributed by atoms with Gasteiger partial charge in [-0.2, -0.15) is 0 Å². The SMILES string of the molecule is COC(=O)c1c(NC(=O)CSc2cccc(NC(=O)/C(=C\c3ccc(OC)c(OC)c3)NC(=O)c3ccccc3)c2)sc2c1CCC(C)C2. The molecule has 1 aromatic heterocycles. The van der Waals surface area contributed by atoms with Crippen LogP contribution in [0, 0.1) is 5.92 Å². The second-order valence-corrected chi connectivity index (χ2v) is 13.5. The third-order valence-electron chi connectivity index (χ3n) is 7.86. The van der Waals surface area contributed by atoms with Gasteiger partial charge in [0.05, 0.1) is 32.6 Å². The second-order valence-electron chi connectivity index (χ2n) is 11.4. The zero-order chi connectivity index (χ0) is 34.9. The highest BCUT2D eigenvalue weighted by Gasteiger charge is 2.29. The fraction of sp³-hybridized carbons (Fsp3) is 0.243. The lowest BCUT2D eigenvalue weighted by Crippen LogP contribution is -2.30. The van der Waals surface area contributed by atoms with Crippen LogP contribution in [0.3, 0.4) is 0 Å². The van der Waals surface area contributed by atoms with Gasteiger partial charge in [0, 0.05) is 21.0 Å². The van der Waals surface area contributed by atoms with E-state index in [9.17, 15) is 19.2 Å². The van der Waals surface area contributed by atoms with Crippen LogP contribution < -0.4 is 25.4 Å². The molecule has 0 spiro atoms. The first-order valence-electron chi connectivity index (χ1n) is 15.6. The predicted octanol–water partition coefficient (Wildman–Crippen LogP) is 6.82. The van der Waals surface area contributed by atoms with E-state index in [2.05, 4.69) is 22.9 Å². The van der Waals surface area contributed by atoms with E-state index in [1.54, 1.807) is 72.8 Å². The van der Waals surface area contributed by atoms with Gasteiger partial charge >= 0.3 is 5.97 Å². The molecule has 49 heavy (non-hydrogen) atoms.